The van der Waals surface area contributed by atoms with E-state index in [1.807, 2.05) is 60.7 Å². The Balaban J connectivity index is 1.56. The third-order valence-electron chi connectivity index (χ3n) is 4.52. The van der Waals surface area contributed by atoms with E-state index in [4.69, 9.17) is 4.74 Å². The van der Waals surface area contributed by atoms with Crippen molar-refractivity contribution in [3.63, 3.8) is 0 Å². The number of nitrogens with zero attached hydrogens (tertiary/aromatic N) is 1. The van der Waals surface area contributed by atoms with Gasteiger partial charge in [-0.05, 0) is 84.8 Å². The Morgan fingerprint density at radius 2 is 1.52 bits per heavy atom. The van der Waals surface area contributed by atoms with Crippen molar-refractivity contribution in [2.45, 2.75) is 26.4 Å². The lowest BCUT2D eigenvalue weighted by molar-refractivity contribution is -0.120. The minimum absolute atomic E-state index is 0.159. The van der Waals surface area contributed by atoms with E-state index in [2.05, 4.69) is 65.2 Å². The molecule has 0 saturated heterocycles. The second-order valence-electron chi connectivity index (χ2n) is 6.87. The summed E-state index contributed by atoms with van der Waals surface area (Å²) in [7, 11) is 0. The van der Waals surface area contributed by atoms with Crippen LogP contribution in [0.3, 0.4) is 0 Å². The quantitative estimate of drug-likeness (QED) is 0.226. The summed E-state index contributed by atoms with van der Waals surface area (Å²) < 4.78 is 8.57. The zero-order chi connectivity index (χ0) is 22.2. The topological polar surface area (TPSA) is 50.7 Å². The number of benzene rings is 3. The van der Waals surface area contributed by atoms with Gasteiger partial charge in [-0.3, -0.25) is 4.79 Å². The highest BCUT2D eigenvalue weighted by molar-refractivity contribution is 9.11. The zero-order valence-electron chi connectivity index (χ0n) is 16.9. The van der Waals surface area contributed by atoms with Crippen molar-refractivity contribution in [1.82, 2.24) is 5.43 Å². The van der Waals surface area contributed by atoms with E-state index in [0.717, 1.165) is 36.5 Å². The van der Waals surface area contributed by atoms with Crippen LogP contribution in [0.25, 0.3) is 0 Å². The molecule has 0 spiro atoms. The van der Waals surface area contributed by atoms with Gasteiger partial charge in [0.2, 0.25) is 5.91 Å². The second kappa shape index (κ2) is 11.6. The van der Waals surface area contributed by atoms with Crippen molar-refractivity contribution >= 4 is 59.9 Å². The number of nitrogens with one attached hydrogen (secondary N) is 1. The second-order valence-corrected chi connectivity index (χ2v) is 9.49. The molecule has 7 heteroatoms. The number of carbonyl (C=O) groups is 1. The first-order chi connectivity index (χ1) is 14.9. The monoisotopic (exact) mass is 606 g/mol. The van der Waals surface area contributed by atoms with Crippen LogP contribution in [0.5, 0.6) is 5.75 Å². The van der Waals surface area contributed by atoms with Crippen molar-refractivity contribution in [1.29, 1.82) is 0 Å². The first kappa shape index (κ1) is 23.7. The Kier molecular flexibility index (Phi) is 8.87. The first-order valence-electron chi connectivity index (χ1n) is 9.70. The average molecular weight is 609 g/mol. The molecule has 0 unspecified atom stereocenters. The number of amides is 1. The zero-order valence-corrected chi connectivity index (χ0v) is 21.6. The molecule has 0 saturated carbocycles. The predicted molar refractivity (Wildman–Crippen MR) is 136 cm³/mol. The van der Waals surface area contributed by atoms with Gasteiger partial charge >= 0.3 is 0 Å². The number of hydrazone groups is 1. The summed E-state index contributed by atoms with van der Waals surface area (Å²) in [5, 5.41) is 4.07. The molecule has 0 aliphatic rings. The number of halogens is 3. The van der Waals surface area contributed by atoms with Gasteiger partial charge in [0.05, 0.1) is 21.6 Å². The number of ether oxygens (including phenoxy) is 1. The molecule has 4 nitrogen and oxygen atoms in total. The first-order valence-corrected chi connectivity index (χ1v) is 12.1. The molecule has 3 aromatic carbocycles. The molecule has 160 valence electrons. The third-order valence-corrected chi connectivity index (χ3v) is 6.22. The summed E-state index contributed by atoms with van der Waals surface area (Å²) in [6.07, 6.45) is 2.87. The van der Waals surface area contributed by atoms with Crippen molar-refractivity contribution in [2.24, 2.45) is 5.10 Å². The van der Waals surface area contributed by atoms with Crippen molar-refractivity contribution in [2.75, 3.05) is 0 Å². The van der Waals surface area contributed by atoms with Crippen molar-refractivity contribution < 1.29 is 9.53 Å². The molecule has 0 aliphatic heterocycles. The van der Waals surface area contributed by atoms with E-state index in [1.165, 1.54) is 5.56 Å². The molecule has 0 aliphatic carbocycles. The average Bonchev–Trinajstić information content (AvgIpc) is 2.75. The maximum Gasteiger partial charge on any atom is 0.244 e. The number of aryl methyl sites for hydroxylation is 1. The van der Waals surface area contributed by atoms with Gasteiger partial charge in [-0.25, -0.2) is 5.43 Å². The van der Waals surface area contributed by atoms with Crippen molar-refractivity contribution in [3.05, 3.63) is 96.3 Å². The van der Waals surface area contributed by atoms with Gasteiger partial charge in [0.15, 0.2) is 0 Å². The van der Waals surface area contributed by atoms with Gasteiger partial charge in [0.25, 0.3) is 0 Å². The number of rotatable bonds is 8. The highest BCUT2D eigenvalue weighted by Gasteiger charge is 2.09. The maximum atomic E-state index is 12.1. The summed E-state index contributed by atoms with van der Waals surface area (Å²) in [6.45, 7) is 2.56. The lowest BCUT2D eigenvalue weighted by Gasteiger charge is -2.11. The molecular formula is C24H21Br3N2O2. The fourth-order valence-electron chi connectivity index (χ4n) is 2.82. The molecule has 0 radical (unpaired) electrons. The van der Waals surface area contributed by atoms with Crippen LogP contribution < -0.4 is 10.2 Å². The molecule has 0 fully saturated rings. The maximum absolute atomic E-state index is 12.1. The standard InChI is InChI=1S/C24H21Br3N2O2/c1-2-16-3-5-17(6-4-16)13-23(30)29-28-14-19-11-21(26)24(22(27)12-19)31-15-18-7-9-20(25)10-8-18/h3-12,14H,2,13,15H2,1H3,(H,29,30)/b28-14+. The molecule has 0 bridgehead atoms. The molecular weight excluding hydrogens is 588 g/mol. The highest BCUT2D eigenvalue weighted by Crippen LogP contribution is 2.35. The summed E-state index contributed by atoms with van der Waals surface area (Å²) in [4.78, 5) is 12.1. The molecule has 1 N–H and O–H groups in total. The van der Waals surface area contributed by atoms with Gasteiger partial charge in [-0.1, -0.05) is 59.3 Å². The van der Waals surface area contributed by atoms with Crippen LogP contribution in [0.4, 0.5) is 0 Å². The van der Waals surface area contributed by atoms with E-state index in [1.54, 1.807) is 6.21 Å². The lowest BCUT2D eigenvalue weighted by Crippen LogP contribution is -2.19. The van der Waals surface area contributed by atoms with E-state index >= 15 is 0 Å². The SMILES string of the molecule is CCc1ccc(CC(=O)N/N=C/c2cc(Br)c(OCc3ccc(Br)cc3)c(Br)c2)cc1. The lowest BCUT2D eigenvalue weighted by atomic mass is 10.1. The van der Waals surface area contributed by atoms with Gasteiger partial charge in [-0.2, -0.15) is 5.10 Å². The van der Waals surface area contributed by atoms with Crippen LogP contribution in [0.2, 0.25) is 0 Å². The summed E-state index contributed by atoms with van der Waals surface area (Å²) in [5.41, 5.74) is 6.68. The number of hydrogen-bond donors (Lipinski definition) is 1. The smallest absolute Gasteiger partial charge is 0.244 e. The molecule has 0 aromatic heterocycles. The van der Waals surface area contributed by atoms with Crippen LogP contribution in [-0.4, -0.2) is 12.1 Å². The number of carbonyl (C=O) groups excluding carboxylic acids is 1. The van der Waals surface area contributed by atoms with E-state index in [0.29, 0.717) is 12.4 Å². The Morgan fingerprint density at radius 3 is 2.13 bits per heavy atom. The van der Waals surface area contributed by atoms with Gasteiger partial charge in [0.1, 0.15) is 12.4 Å². The normalized spacial score (nSPS) is 11.0. The van der Waals surface area contributed by atoms with E-state index < -0.39 is 0 Å². The Bertz CT molecular complexity index is 1040. The van der Waals surface area contributed by atoms with Gasteiger partial charge < -0.3 is 4.74 Å². The van der Waals surface area contributed by atoms with Crippen LogP contribution in [0.1, 0.15) is 29.2 Å². The van der Waals surface area contributed by atoms with Gasteiger partial charge in [0, 0.05) is 4.47 Å². The summed E-state index contributed by atoms with van der Waals surface area (Å²) >= 11 is 10.5. The Hall–Kier alpha value is -1.96. The fraction of sp³-hybridized carbons (Fsp3) is 0.167. The molecule has 0 atom stereocenters. The molecule has 31 heavy (non-hydrogen) atoms. The fourth-order valence-corrected chi connectivity index (χ4v) is 4.54. The van der Waals surface area contributed by atoms with Crippen LogP contribution in [-0.2, 0) is 24.2 Å². The van der Waals surface area contributed by atoms with E-state index in [9.17, 15) is 4.79 Å². The third kappa shape index (κ3) is 7.30. The minimum atomic E-state index is -0.159. The largest absolute Gasteiger partial charge is 0.487 e. The Labute approximate surface area is 207 Å². The van der Waals surface area contributed by atoms with Crippen molar-refractivity contribution in [3.8, 4) is 5.75 Å². The minimum Gasteiger partial charge on any atom is -0.487 e. The van der Waals surface area contributed by atoms with Crippen LogP contribution >= 0.6 is 47.8 Å². The highest BCUT2D eigenvalue weighted by atomic mass is 79.9. The van der Waals surface area contributed by atoms with Crippen LogP contribution in [0.15, 0.2) is 79.2 Å². The molecule has 0 heterocycles. The van der Waals surface area contributed by atoms with E-state index in [-0.39, 0.29) is 12.3 Å². The van der Waals surface area contributed by atoms with Crippen LogP contribution in [0, 0.1) is 0 Å². The molecule has 3 aromatic rings. The molecule has 3 rings (SSSR count). The predicted octanol–water partition coefficient (Wildman–Crippen LogP) is 6.81. The molecule has 1 amide bonds. The Morgan fingerprint density at radius 1 is 0.935 bits per heavy atom. The summed E-state index contributed by atoms with van der Waals surface area (Å²) in [5.74, 6) is 0.549. The number of hydrogen-bond acceptors (Lipinski definition) is 3. The van der Waals surface area contributed by atoms with Gasteiger partial charge in [-0.15, -0.1) is 0 Å². The summed E-state index contributed by atoms with van der Waals surface area (Å²) in [6, 6.07) is 19.8.